The van der Waals surface area contributed by atoms with E-state index >= 15 is 0 Å². The summed E-state index contributed by atoms with van der Waals surface area (Å²) in [7, 11) is 0. The van der Waals surface area contributed by atoms with Gasteiger partial charge in [-0.2, -0.15) is 8.78 Å². The van der Waals surface area contributed by atoms with Crippen molar-refractivity contribution in [3.05, 3.63) is 0 Å². The fourth-order valence-corrected chi connectivity index (χ4v) is 0.311. The van der Waals surface area contributed by atoms with Gasteiger partial charge < -0.3 is 0 Å². The molecule has 0 aromatic rings. The summed E-state index contributed by atoms with van der Waals surface area (Å²) in [5.74, 6) is -9.07. The number of carbonyl (C=O) groups excluding carboxylic acids is 2. The minimum atomic E-state index is -4.55. The largest absolute Gasteiger partial charge is 0.367 e. The third-order valence-electron chi connectivity index (χ3n) is 0.950. The molecule has 0 atom stereocenters. The smallest absolute Gasteiger partial charge is 0.293 e. The van der Waals surface area contributed by atoms with Crippen LogP contribution in [0.25, 0.3) is 0 Å². The molecule has 0 aromatic carbocycles. The average molecular weight is 172 g/mol. The van der Waals surface area contributed by atoms with E-state index in [2.05, 4.69) is 0 Å². The lowest BCUT2D eigenvalue weighted by Crippen LogP contribution is -2.40. The van der Waals surface area contributed by atoms with Crippen molar-refractivity contribution in [3.63, 3.8) is 0 Å². The predicted octanol–water partition coefficient (Wildman–Crippen LogP) is 1.04. The third kappa shape index (κ3) is 1.99. The van der Waals surface area contributed by atoms with Crippen molar-refractivity contribution in [2.45, 2.75) is 19.3 Å². The first-order chi connectivity index (χ1) is 4.80. The zero-order valence-corrected chi connectivity index (χ0v) is 5.41. The highest BCUT2D eigenvalue weighted by Gasteiger charge is 2.48. The average Bonchev–Trinajstić information content (AvgIpc) is 1.85. The fourth-order valence-electron chi connectivity index (χ4n) is 0.311. The molecular weight excluding hydrogens is 168 g/mol. The molecule has 0 aromatic heterocycles. The minimum absolute atomic E-state index is 0.375. The van der Waals surface area contributed by atoms with Gasteiger partial charge in [0.05, 0.1) is 0 Å². The summed E-state index contributed by atoms with van der Waals surface area (Å²) in [5, 5.41) is 0. The van der Waals surface area contributed by atoms with Crippen LogP contribution in [0.15, 0.2) is 0 Å². The molecule has 0 heterocycles. The third-order valence-corrected chi connectivity index (χ3v) is 0.950. The molecule has 0 radical (unpaired) electrons. The number of hydrogen-bond donors (Lipinski definition) is 0. The van der Waals surface area contributed by atoms with Crippen LogP contribution in [0.1, 0.15) is 6.92 Å². The SMILES string of the molecule is CC(=O)C(F)(F)C(=O)C(F)F. The van der Waals surface area contributed by atoms with Crippen LogP contribution in [0, 0.1) is 0 Å². The highest BCUT2D eigenvalue weighted by Crippen LogP contribution is 2.19. The van der Waals surface area contributed by atoms with Gasteiger partial charge in [0.2, 0.25) is 5.78 Å². The number of alkyl halides is 4. The van der Waals surface area contributed by atoms with E-state index in [4.69, 9.17) is 0 Å². The van der Waals surface area contributed by atoms with E-state index in [9.17, 15) is 27.2 Å². The number of ketones is 2. The van der Waals surface area contributed by atoms with Crippen molar-refractivity contribution in [1.29, 1.82) is 0 Å². The van der Waals surface area contributed by atoms with Gasteiger partial charge in [-0.25, -0.2) is 8.78 Å². The molecule has 0 N–H and O–H groups in total. The molecule has 0 aliphatic rings. The van der Waals surface area contributed by atoms with E-state index < -0.39 is 23.9 Å². The van der Waals surface area contributed by atoms with Crippen LogP contribution in [0.3, 0.4) is 0 Å². The Morgan fingerprint density at radius 2 is 1.64 bits per heavy atom. The van der Waals surface area contributed by atoms with Crippen molar-refractivity contribution in [3.8, 4) is 0 Å². The summed E-state index contributed by atoms with van der Waals surface area (Å²) in [4.78, 5) is 19.8. The van der Waals surface area contributed by atoms with E-state index in [0.717, 1.165) is 0 Å². The maximum Gasteiger partial charge on any atom is 0.367 e. The molecule has 0 saturated carbocycles. The van der Waals surface area contributed by atoms with Crippen molar-refractivity contribution in [1.82, 2.24) is 0 Å². The molecule has 0 rings (SSSR count). The molecule has 11 heavy (non-hydrogen) atoms. The van der Waals surface area contributed by atoms with Crippen LogP contribution in [0.2, 0.25) is 0 Å². The normalized spacial score (nSPS) is 11.8. The topological polar surface area (TPSA) is 34.1 Å². The molecule has 0 bridgehead atoms. The maximum atomic E-state index is 12.0. The van der Waals surface area contributed by atoms with Crippen molar-refractivity contribution < 1.29 is 27.2 Å². The highest BCUT2D eigenvalue weighted by molar-refractivity contribution is 6.08. The summed E-state index contributed by atoms with van der Waals surface area (Å²) >= 11 is 0. The van der Waals surface area contributed by atoms with Crippen LogP contribution >= 0.6 is 0 Å². The number of halogens is 4. The van der Waals surface area contributed by atoms with Gasteiger partial charge >= 0.3 is 12.3 Å². The van der Waals surface area contributed by atoms with Crippen LogP contribution in [-0.4, -0.2) is 23.9 Å². The summed E-state index contributed by atoms with van der Waals surface area (Å²) in [6, 6.07) is 0. The van der Waals surface area contributed by atoms with Crippen molar-refractivity contribution in [2.75, 3.05) is 0 Å². The maximum absolute atomic E-state index is 12.0. The van der Waals surface area contributed by atoms with Crippen LogP contribution in [0.5, 0.6) is 0 Å². The molecule has 0 saturated heterocycles. The Bertz CT molecular complexity index is 187. The molecule has 0 unspecified atom stereocenters. The van der Waals surface area contributed by atoms with Gasteiger partial charge in [-0.1, -0.05) is 0 Å². The minimum Gasteiger partial charge on any atom is -0.293 e. The summed E-state index contributed by atoms with van der Waals surface area (Å²) in [6.07, 6.45) is -3.81. The Hall–Kier alpha value is -0.940. The van der Waals surface area contributed by atoms with Crippen LogP contribution in [0.4, 0.5) is 17.6 Å². The molecule has 0 aliphatic carbocycles. The van der Waals surface area contributed by atoms with E-state index in [1.165, 1.54) is 0 Å². The van der Waals surface area contributed by atoms with Crippen LogP contribution < -0.4 is 0 Å². The first-order valence-electron chi connectivity index (χ1n) is 2.51. The Kier molecular flexibility index (Phi) is 2.72. The van der Waals surface area contributed by atoms with Gasteiger partial charge in [-0.05, 0) is 0 Å². The number of rotatable bonds is 3. The van der Waals surface area contributed by atoms with Gasteiger partial charge in [-0.15, -0.1) is 0 Å². The van der Waals surface area contributed by atoms with E-state index in [1.807, 2.05) is 0 Å². The number of hydrogen-bond acceptors (Lipinski definition) is 2. The lowest BCUT2D eigenvalue weighted by Gasteiger charge is -2.09. The molecule has 0 spiro atoms. The molecule has 2 nitrogen and oxygen atoms in total. The Morgan fingerprint density at radius 1 is 1.27 bits per heavy atom. The van der Waals surface area contributed by atoms with E-state index in [0.29, 0.717) is 6.92 Å². The van der Waals surface area contributed by atoms with E-state index in [-0.39, 0.29) is 0 Å². The Balaban J connectivity index is 4.56. The molecule has 64 valence electrons. The Morgan fingerprint density at radius 3 is 1.73 bits per heavy atom. The van der Waals surface area contributed by atoms with Gasteiger partial charge in [0.25, 0.3) is 5.78 Å². The number of Topliss-reactive ketones (excluding diaryl/α,β-unsaturated/α-hetero) is 2. The lowest BCUT2D eigenvalue weighted by molar-refractivity contribution is -0.163. The van der Waals surface area contributed by atoms with E-state index in [1.54, 1.807) is 0 Å². The molecule has 0 aliphatic heterocycles. The zero-order chi connectivity index (χ0) is 9.23. The first-order valence-corrected chi connectivity index (χ1v) is 2.51. The highest BCUT2D eigenvalue weighted by atomic mass is 19.3. The lowest BCUT2D eigenvalue weighted by atomic mass is 10.1. The molecular formula is C5H4F4O2. The summed E-state index contributed by atoms with van der Waals surface area (Å²) < 4.78 is 46.6. The summed E-state index contributed by atoms with van der Waals surface area (Å²) in [6.45, 7) is 0.375. The molecule has 6 heteroatoms. The van der Waals surface area contributed by atoms with Gasteiger partial charge in [0, 0.05) is 6.92 Å². The Labute approximate surface area is 59.2 Å². The standard InChI is InChI=1S/C5H4F4O2/c1-2(10)5(8,9)3(11)4(6)7/h4H,1H3. The van der Waals surface area contributed by atoms with Gasteiger partial charge in [-0.3, -0.25) is 9.59 Å². The fraction of sp³-hybridized carbons (Fsp3) is 0.600. The predicted molar refractivity (Wildman–Crippen MR) is 26.6 cm³/mol. The quantitative estimate of drug-likeness (QED) is 0.471. The van der Waals surface area contributed by atoms with Gasteiger partial charge in [0.15, 0.2) is 0 Å². The second-order valence-corrected chi connectivity index (χ2v) is 1.80. The molecule has 0 amide bonds. The monoisotopic (exact) mass is 172 g/mol. The second kappa shape index (κ2) is 2.98. The molecule has 0 fully saturated rings. The summed E-state index contributed by atoms with van der Waals surface area (Å²) in [5.41, 5.74) is 0. The van der Waals surface area contributed by atoms with Crippen LogP contribution in [-0.2, 0) is 9.59 Å². The van der Waals surface area contributed by atoms with Gasteiger partial charge in [0.1, 0.15) is 0 Å². The number of carbonyl (C=O) groups is 2. The van der Waals surface area contributed by atoms with Crippen molar-refractivity contribution >= 4 is 11.6 Å². The first kappa shape index (κ1) is 10.1. The zero-order valence-electron chi connectivity index (χ0n) is 5.41. The second-order valence-electron chi connectivity index (χ2n) is 1.80. The van der Waals surface area contributed by atoms with Crippen molar-refractivity contribution in [2.24, 2.45) is 0 Å².